The number of aromatic nitrogens is 1. The van der Waals surface area contributed by atoms with Crippen molar-refractivity contribution in [2.45, 2.75) is 32.8 Å². The number of benzene rings is 1. The van der Waals surface area contributed by atoms with Gasteiger partial charge in [0.05, 0.1) is 6.61 Å². The molecular weight excluding hydrogens is 301 g/mol. The predicted molar refractivity (Wildman–Crippen MR) is 79.9 cm³/mol. The van der Waals surface area contributed by atoms with Crippen LogP contribution in [0.15, 0.2) is 30.5 Å². The summed E-state index contributed by atoms with van der Waals surface area (Å²) < 4.78 is 29.9. The highest BCUT2D eigenvalue weighted by Crippen LogP contribution is 2.35. The molecule has 0 unspecified atom stereocenters. The van der Waals surface area contributed by atoms with Crippen LogP contribution in [0.4, 0.5) is 4.39 Å². The topological polar surface area (TPSA) is 57.7 Å². The molecule has 0 aliphatic carbocycles. The van der Waals surface area contributed by atoms with Crippen molar-refractivity contribution >= 4 is 6.29 Å². The molecule has 1 aliphatic rings. The van der Waals surface area contributed by atoms with Crippen molar-refractivity contribution in [3.63, 3.8) is 0 Å². The summed E-state index contributed by atoms with van der Waals surface area (Å²) in [4.78, 5) is 15.3. The summed E-state index contributed by atoms with van der Waals surface area (Å²) in [5.41, 5.74) is 1.73. The molecule has 0 spiro atoms. The summed E-state index contributed by atoms with van der Waals surface area (Å²) in [6, 6.07) is 5.75. The Morgan fingerprint density at radius 3 is 2.78 bits per heavy atom. The molecule has 0 N–H and O–H groups in total. The third kappa shape index (κ3) is 3.32. The van der Waals surface area contributed by atoms with Gasteiger partial charge in [-0.1, -0.05) is 0 Å². The Labute approximate surface area is 133 Å². The van der Waals surface area contributed by atoms with Crippen molar-refractivity contribution in [2.75, 3.05) is 0 Å². The number of halogens is 1. The van der Waals surface area contributed by atoms with Crippen molar-refractivity contribution in [3.05, 3.63) is 53.1 Å². The van der Waals surface area contributed by atoms with Gasteiger partial charge >= 0.3 is 0 Å². The van der Waals surface area contributed by atoms with Gasteiger partial charge in [0.2, 0.25) is 5.79 Å². The number of pyridine rings is 1. The van der Waals surface area contributed by atoms with Crippen LogP contribution in [0.5, 0.6) is 11.5 Å². The molecule has 6 heteroatoms. The number of fused-ring (bicyclic) bond motifs is 1. The fraction of sp³-hybridized carbons (Fsp3) is 0.294. The standard InChI is InChI=1S/C17H16FNO4/c1-17(2)22-10-14-11(7-19-15(8-20)16(14)23-17)9-21-13-5-3-12(18)4-6-13/h3-8H,9-10H2,1-2H3. The van der Waals surface area contributed by atoms with Crippen molar-refractivity contribution in [1.82, 2.24) is 4.98 Å². The monoisotopic (exact) mass is 317 g/mol. The second-order valence-corrected chi connectivity index (χ2v) is 5.63. The molecule has 3 rings (SSSR count). The number of hydrogen-bond acceptors (Lipinski definition) is 5. The maximum absolute atomic E-state index is 12.9. The first-order chi connectivity index (χ1) is 11.0. The van der Waals surface area contributed by atoms with Crippen LogP contribution in [0.2, 0.25) is 0 Å². The van der Waals surface area contributed by atoms with E-state index in [1.807, 2.05) is 0 Å². The second kappa shape index (κ2) is 5.96. The first-order valence-electron chi connectivity index (χ1n) is 7.16. The smallest absolute Gasteiger partial charge is 0.205 e. The molecule has 2 heterocycles. The number of rotatable bonds is 4. The van der Waals surface area contributed by atoms with Gasteiger partial charge in [-0.15, -0.1) is 0 Å². The van der Waals surface area contributed by atoms with E-state index in [-0.39, 0.29) is 18.1 Å². The van der Waals surface area contributed by atoms with Crippen LogP contribution in [0.25, 0.3) is 0 Å². The lowest BCUT2D eigenvalue weighted by atomic mass is 10.1. The van der Waals surface area contributed by atoms with Gasteiger partial charge in [-0.3, -0.25) is 4.79 Å². The maximum atomic E-state index is 12.9. The molecule has 23 heavy (non-hydrogen) atoms. The minimum atomic E-state index is -0.817. The van der Waals surface area contributed by atoms with Gasteiger partial charge < -0.3 is 14.2 Å². The average molecular weight is 317 g/mol. The average Bonchev–Trinajstić information content (AvgIpc) is 2.53. The zero-order valence-corrected chi connectivity index (χ0v) is 12.8. The molecule has 1 aromatic carbocycles. The summed E-state index contributed by atoms with van der Waals surface area (Å²) >= 11 is 0. The summed E-state index contributed by atoms with van der Waals surface area (Å²) in [6.45, 7) is 4.06. The molecule has 2 aromatic rings. The van der Waals surface area contributed by atoms with E-state index in [9.17, 15) is 9.18 Å². The van der Waals surface area contributed by atoms with E-state index in [1.54, 1.807) is 32.2 Å². The van der Waals surface area contributed by atoms with Crippen molar-refractivity contribution in [3.8, 4) is 11.5 Å². The van der Waals surface area contributed by atoms with Crippen LogP contribution >= 0.6 is 0 Å². The van der Waals surface area contributed by atoms with Crippen LogP contribution in [0.3, 0.4) is 0 Å². The van der Waals surface area contributed by atoms with E-state index in [0.29, 0.717) is 24.4 Å². The molecule has 0 fully saturated rings. The van der Waals surface area contributed by atoms with Gasteiger partial charge in [0.15, 0.2) is 12.0 Å². The van der Waals surface area contributed by atoms with Gasteiger partial charge in [0.1, 0.15) is 23.9 Å². The lowest BCUT2D eigenvalue weighted by Crippen LogP contribution is -2.36. The van der Waals surface area contributed by atoms with Gasteiger partial charge in [-0.2, -0.15) is 0 Å². The van der Waals surface area contributed by atoms with Crippen molar-refractivity contribution < 1.29 is 23.4 Å². The Bertz CT molecular complexity index is 728. The Kier molecular flexibility index (Phi) is 4.00. The highest BCUT2D eigenvalue weighted by Gasteiger charge is 2.31. The number of hydrogen-bond donors (Lipinski definition) is 0. The lowest BCUT2D eigenvalue weighted by molar-refractivity contribution is -0.180. The molecule has 5 nitrogen and oxygen atoms in total. The van der Waals surface area contributed by atoms with E-state index in [4.69, 9.17) is 14.2 Å². The van der Waals surface area contributed by atoms with Crippen LogP contribution in [-0.2, 0) is 18.0 Å². The zero-order valence-electron chi connectivity index (χ0n) is 12.8. The third-order valence-corrected chi connectivity index (χ3v) is 3.49. The minimum Gasteiger partial charge on any atom is -0.489 e. The van der Waals surface area contributed by atoms with Crippen LogP contribution in [0, 0.1) is 5.82 Å². The highest BCUT2D eigenvalue weighted by molar-refractivity contribution is 5.77. The van der Waals surface area contributed by atoms with Crippen molar-refractivity contribution in [1.29, 1.82) is 0 Å². The van der Waals surface area contributed by atoms with Gasteiger partial charge in [0, 0.05) is 31.2 Å². The molecule has 120 valence electrons. The fourth-order valence-corrected chi connectivity index (χ4v) is 2.28. The molecular formula is C17H16FNO4. The molecule has 0 amide bonds. The Hall–Kier alpha value is -2.47. The van der Waals surface area contributed by atoms with Crippen LogP contribution in [-0.4, -0.2) is 17.1 Å². The number of ether oxygens (including phenoxy) is 3. The van der Waals surface area contributed by atoms with E-state index >= 15 is 0 Å². The summed E-state index contributed by atoms with van der Waals surface area (Å²) in [6.07, 6.45) is 2.22. The van der Waals surface area contributed by atoms with Crippen LogP contribution < -0.4 is 9.47 Å². The number of aldehydes is 1. The number of nitrogens with zero attached hydrogens (tertiary/aromatic N) is 1. The largest absolute Gasteiger partial charge is 0.489 e. The fourth-order valence-electron chi connectivity index (χ4n) is 2.28. The quantitative estimate of drug-likeness (QED) is 0.810. The molecule has 0 atom stereocenters. The van der Waals surface area contributed by atoms with Crippen LogP contribution in [0.1, 0.15) is 35.5 Å². The first-order valence-corrected chi connectivity index (χ1v) is 7.16. The third-order valence-electron chi connectivity index (χ3n) is 3.49. The van der Waals surface area contributed by atoms with Crippen molar-refractivity contribution in [2.24, 2.45) is 0 Å². The van der Waals surface area contributed by atoms with Gasteiger partial charge in [-0.25, -0.2) is 9.37 Å². The molecule has 0 bridgehead atoms. The Morgan fingerprint density at radius 1 is 1.35 bits per heavy atom. The molecule has 1 aliphatic heterocycles. The molecule has 1 aromatic heterocycles. The molecule has 0 saturated carbocycles. The van der Waals surface area contributed by atoms with Gasteiger partial charge in [0.25, 0.3) is 0 Å². The zero-order chi connectivity index (χ0) is 16.4. The highest BCUT2D eigenvalue weighted by atomic mass is 19.1. The first kappa shape index (κ1) is 15.4. The van der Waals surface area contributed by atoms with Gasteiger partial charge in [-0.05, 0) is 24.3 Å². The van der Waals surface area contributed by atoms with E-state index in [0.717, 1.165) is 11.1 Å². The second-order valence-electron chi connectivity index (χ2n) is 5.63. The maximum Gasteiger partial charge on any atom is 0.205 e. The summed E-state index contributed by atoms with van der Waals surface area (Å²) in [5.74, 6) is -0.173. The normalized spacial score (nSPS) is 15.4. The number of carbonyl (C=O) groups is 1. The Morgan fingerprint density at radius 2 is 2.09 bits per heavy atom. The van der Waals surface area contributed by atoms with E-state index in [1.165, 1.54) is 12.1 Å². The van der Waals surface area contributed by atoms with E-state index in [2.05, 4.69) is 4.98 Å². The lowest BCUT2D eigenvalue weighted by Gasteiger charge is -2.33. The Balaban J connectivity index is 1.86. The van der Waals surface area contributed by atoms with E-state index < -0.39 is 5.79 Å². The molecule has 0 radical (unpaired) electrons. The SMILES string of the molecule is CC1(C)OCc2c(COc3ccc(F)cc3)cnc(C=O)c2O1. The minimum absolute atomic E-state index is 0.216. The molecule has 0 saturated heterocycles. The number of carbonyl (C=O) groups excluding carboxylic acids is 1. The summed E-state index contributed by atoms with van der Waals surface area (Å²) in [5, 5.41) is 0. The predicted octanol–water partition coefficient (Wildman–Crippen LogP) is 3.26. The summed E-state index contributed by atoms with van der Waals surface area (Å²) in [7, 11) is 0.